The maximum Gasteiger partial charge on any atom is 0.384 e. The van der Waals surface area contributed by atoms with Crippen LogP contribution in [0.5, 0.6) is 0 Å². The van der Waals surface area contributed by atoms with Gasteiger partial charge in [-0.05, 0) is 46.5 Å². The molecule has 0 rings (SSSR count). The van der Waals surface area contributed by atoms with Crippen molar-refractivity contribution < 1.29 is 14.6 Å². The van der Waals surface area contributed by atoms with Gasteiger partial charge in [0, 0.05) is 5.92 Å². The molecular formula is C15H24O3. The second kappa shape index (κ2) is 7.94. The molecule has 0 aliphatic rings. The van der Waals surface area contributed by atoms with Crippen molar-refractivity contribution in [3.63, 3.8) is 0 Å². The van der Waals surface area contributed by atoms with Gasteiger partial charge in [0.25, 0.3) is 0 Å². The Hall–Kier alpha value is -1.27. The Labute approximate surface area is 110 Å². The molecule has 0 bridgehead atoms. The number of ether oxygens (including phenoxy) is 1. The van der Waals surface area contributed by atoms with Gasteiger partial charge in [0.15, 0.2) is 0 Å². The largest absolute Gasteiger partial charge is 0.456 e. The van der Waals surface area contributed by atoms with Crippen LogP contribution in [0.15, 0.2) is 11.6 Å². The van der Waals surface area contributed by atoms with E-state index >= 15 is 0 Å². The summed E-state index contributed by atoms with van der Waals surface area (Å²) in [5.74, 6) is 4.33. The predicted molar refractivity (Wildman–Crippen MR) is 72.9 cm³/mol. The van der Waals surface area contributed by atoms with Crippen molar-refractivity contribution in [3.05, 3.63) is 11.6 Å². The Kier molecular flexibility index (Phi) is 7.38. The summed E-state index contributed by atoms with van der Waals surface area (Å²) in [5, 5.41) is 10.2. The van der Waals surface area contributed by atoms with Gasteiger partial charge in [-0.25, -0.2) is 4.79 Å². The Morgan fingerprint density at radius 3 is 2.61 bits per heavy atom. The molecule has 3 heteroatoms. The first kappa shape index (κ1) is 16.7. The highest BCUT2D eigenvalue weighted by atomic mass is 16.5. The van der Waals surface area contributed by atoms with Crippen molar-refractivity contribution in [3.8, 4) is 11.8 Å². The average molecular weight is 252 g/mol. The van der Waals surface area contributed by atoms with Crippen LogP contribution >= 0.6 is 0 Å². The zero-order valence-corrected chi connectivity index (χ0v) is 12.0. The third-order valence-electron chi connectivity index (χ3n) is 2.80. The van der Waals surface area contributed by atoms with E-state index in [1.807, 2.05) is 20.8 Å². The molecule has 0 aromatic carbocycles. The Morgan fingerprint density at radius 1 is 1.50 bits per heavy atom. The number of hydrogen-bond acceptors (Lipinski definition) is 3. The monoisotopic (exact) mass is 252 g/mol. The third kappa shape index (κ3) is 7.13. The van der Waals surface area contributed by atoms with Crippen LogP contribution in [0, 0.1) is 17.8 Å². The molecule has 0 fully saturated rings. The fourth-order valence-corrected chi connectivity index (χ4v) is 1.37. The zero-order valence-electron chi connectivity index (χ0n) is 12.0. The van der Waals surface area contributed by atoms with E-state index in [2.05, 4.69) is 17.9 Å². The number of hydrogen-bond donors (Lipinski definition) is 1. The molecule has 0 aromatic rings. The summed E-state index contributed by atoms with van der Waals surface area (Å²) in [4.78, 5) is 11.1. The molecule has 0 aromatic heterocycles. The number of carbonyl (C=O) groups is 1. The van der Waals surface area contributed by atoms with Gasteiger partial charge in [0.1, 0.15) is 5.60 Å². The molecule has 3 nitrogen and oxygen atoms in total. The smallest absolute Gasteiger partial charge is 0.384 e. The minimum atomic E-state index is -1.16. The van der Waals surface area contributed by atoms with E-state index in [4.69, 9.17) is 4.74 Å². The van der Waals surface area contributed by atoms with Crippen LogP contribution < -0.4 is 0 Å². The van der Waals surface area contributed by atoms with Crippen molar-refractivity contribution in [2.24, 2.45) is 5.92 Å². The summed E-state index contributed by atoms with van der Waals surface area (Å²) in [6, 6.07) is 0. The van der Waals surface area contributed by atoms with Crippen LogP contribution in [0.4, 0.5) is 0 Å². The van der Waals surface area contributed by atoms with Crippen molar-refractivity contribution >= 4 is 5.97 Å². The second-order valence-electron chi connectivity index (χ2n) is 4.88. The van der Waals surface area contributed by atoms with Crippen LogP contribution in [-0.4, -0.2) is 23.3 Å². The van der Waals surface area contributed by atoms with Gasteiger partial charge in [0.05, 0.1) is 6.61 Å². The van der Waals surface area contributed by atoms with E-state index in [1.54, 1.807) is 13.8 Å². The molecule has 0 saturated heterocycles. The maximum absolute atomic E-state index is 11.1. The highest BCUT2D eigenvalue weighted by molar-refractivity contribution is 5.88. The van der Waals surface area contributed by atoms with Crippen molar-refractivity contribution in [2.75, 3.05) is 6.61 Å². The number of aliphatic hydroxyl groups is 1. The average Bonchev–Trinajstić information content (AvgIpc) is 2.26. The van der Waals surface area contributed by atoms with Crippen LogP contribution in [0.3, 0.4) is 0 Å². The van der Waals surface area contributed by atoms with E-state index in [-0.39, 0.29) is 5.92 Å². The van der Waals surface area contributed by atoms with Crippen molar-refractivity contribution in [1.29, 1.82) is 0 Å². The van der Waals surface area contributed by atoms with E-state index in [9.17, 15) is 9.90 Å². The molecule has 18 heavy (non-hydrogen) atoms. The van der Waals surface area contributed by atoms with Crippen molar-refractivity contribution in [2.45, 2.75) is 53.1 Å². The molecule has 0 aliphatic carbocycles. The molecule has 0 radical (unpaired) electrons. The molecule has 2 atom stereocenters. The van der Waals surface area contributed by atoms with Gasteiger partial charge < -0.3 is 9.84 Å². The van der Waals surface area contributed by atoms with Crippen molar-refractivity contribution in [1.82, 2.24) is 0 Å². The SMILES string of the molecule is CCOC(=O)C#CC(C)(O)C(C)CCC=C(C)C. The Morgan fingerprint density at radius 2 is 2.11 bits per heavy atom. The van der Waals surface area contributed by atoms with Gasteiger partial charge >= 0.3 is 5.97 Å². The summed E-state index contributed by atoms with van der Waals surface area (Å²) in [7, 11) is 0. The standard InChI is InChI=1S/C15H24O3/c1-6-18-14(16)10-11-15(5,17)13(4)9-7-8-12(2)3/h8,13,17H,6-7,9H2,1-5H3. The normalized spacial score (nSPS) is 14.8. The molecule has 0 spiro atoms. The highest BCUT2D eigenvalue weighted by Crippen LogP contribution is 2.21. The van der Waals surface area contributed by atoms with Gasteiger partial charge in [-0.2, -0.15) is 0 Å². The zero-order chi connectivity index (χ0) is 14.2. The lowest BCUT2D eigenvalue weighted by Crippen LogP contribution is -2.31. The van der Waals surface area contributed by atoms with Crippen LogP contribution in [0.1, 0.15) is 47.5 Å². The molecule has 0 saturated carbocycles. The highest BCUT2D eigenvalue weighted by Gasteiger charge is 2.25. The van der Waals surface area contributed by atoms with E-state index in [0.29, 0.717) is 6.61 Å². The first-order valence-electron chi connectivity index (χ1n) is 6.35. The fourth-order valence-electron chi connectivity index (χ4n) is 1.37. The summed E-state index contributed by atoms with van der Waals surface area (Å²) < 4.78 is 4.70. The second-order valence-corrected chi connectivity index (χ2v) is 4.88. The first-order chi connectivity index (χ1) is 8.29. The number of esters is 1. The van der Waals surface area contributed by atoms with Gasteiger partial charge in [0.2, 0.25) is 0 Å². The minimum absolute atomic E-state index is 0.00461. The lowest BCUT2D eigenvalue weighted by molar-refractivity contribution is -0.136. The summed E-state index contributed by atoms with van der Waals surface area (Å²) in [5.41, 5.74) is 0.0989. The quantitative estimate of drug-likeness (QED) is 0.354. The number of rotatable bonds is 5. The van der Waals surface area contributed by atoms with Crippen LogP contribution in [-0.2, 0) is 9.53 Å². The number of carbonyl (C=O) groups excluding carboxylic acids is 1. The number of allylic oxidation sites excluding steroid dienone is 2. The van der Waals surface area contributed by atoms with E-state index in [1.165, 1.54) is 5.57 Å². The van der Waals surface area contributed by atoms with Crippen LogP contribution in [0.2, 0.25) is 0 Å². The maximum atomic E-state index is 11.1. The van der Waals surface area contributed by atoms with Gasteiger partial charge in [-0.1, -0.05) is 24.5 Å². The molecule has 102 valence electrons. The molecule has 1 N–H and O–H groups in total. The lowest BCUT2D eigenvalue weighted by Gasteiger charge is -2.24. The lowest BCUT2D eigenvalue weighted by atomic mass is 9.87. The molecule has 0 aliphatic heterocycles. The summed E-state index contributed by atoms with van der Waals surface area (Å²) in [6.45, 7) is 9.67. The van der Waals surface area contributed by atoms with E-state index < -0.39 is 11.6 Å². The molecular weight excluding hydrogens is 228 g/mol. The predicted octanol–water partition coefficient (Wildman–Crippen LogP) is 2.69. The summed E-state index contributed by atoms with van der Waals surface area (Å²) in [6.07, 6.45) is 3.86. The van der Waals surface area contributed by atoms with Crippen LogP contribution in [0.25, 0.3) is 0 Å². The molecule has 2 unspecified atom stereocenters. The molecule has 0 heterocycles. The molecule has 0 amide bonds. The van der Waals surface area contributed by atoms with Gasteiger partial charge in [-0.3, -0.25) is 0 Å². The Bertz CT molecular complexity index is 352. The Balaban J connectivity index is 4.42. The van der Waals surface area contributed by atoms with E-state index in [0.717, 1.165) is 12.8 Å². The first-order valence-corrected chi connectivity index (χ1v) is 6.35. The summed E-state index contributed by atoms with van der Waals surface area (Å²) >= 11 is 0. The topological polar surface area (TPSA) is 46.5 Å². The van der Waals surface area contributed by atoms with Gasteiger partial charge in [-0.15, -0.1) is 0 Å². The fraction of sp³-hybridized carbons (Fsp3) is 0.667. The minimum Gasteiger partial charge on any atom is -0.456 e. The third-order valence-corrected chi connectivity index (χ3v) is 2.80.